The molecule has 0 unspecified atom stereocenters. The summed E-state index contributed by atoms with van der Waals surface area (Å²) in [5, 5.41) is 3.80. The van der Waals surface area contributed by atoms with E-state index in [1.165, 1.54) is 10.5 Å². The van der Waals surface area contributed by atoms with Crippen molar-refractivity contribution in [2.24, 2.45) is 0 Å². The number of rotatable bonds is 5. The Hall–Kier alpha value is -2.33. The van der Waals surface area contributed by atoms with Crippen molar-refractivity contribution in [2.45, 2.75) is 32.4 Å². The molecule has 1 atom stereocenters. The summed E-state index contributed by atoms with van der Waals surface area (Å²) in [6.45, 7) is 2.37. The maximum Gasteiger partial charge on any atom is 0.252 e. The zero-order valence-electron chi connectivity index (χ0n) is 13.5. The number of hydrogen-bond donors (Lipinski definition) is 1. The van der Waals surface area contributed by atoms with Gasteiger partial charge in [-0.25, -0.2) is 0 Å². The molecule has 2 aromatic carbocycles. The molecule has 0 aromatic heterocycles. The number of imide groups is 1. The van der Waals surface area contributed by atoms with E-state index in [2.05, 4.69) is 12.2 Å². The Morgan fingerprint density at radius 1 is 1.04 bits per heavy atom. The molecule has 1 heterocycles. The standard InChI is InChI=1S/C19H19ClN2O2/c1-2-13-5-9-16(10-6-13)21-17-11-18(23)22(19(17)24)12-14-3-7-15(20)8-4-14/h3-10,17,21H,2,11-12H2,1H3/t17-/m0/s1. The van der Waals surface area contributed by atoms with E-state index < -0.39 is 6.04 Å². The summed E-state index contributed by atoms with van der Waals surface area (Å²) in [4.78, 5) is 26.0. The normalized spacial score (nSPS) is 17.4. The van der Waals surface area contributed by atoms with Crippen LogP contribution in [0.15, 0.2) is 48.5 Å². The van der Waals surface area contributed by atoms with Gasteiger partial charge in [0.15, 0.2) is 0 Å². The van der Waals surface area contributed by atoms with Crippen LogP contribution in [0.5, 0.6) is 0 Å². The predicted octanol–water partition coefficient (Wildman–Crippen LogP) is 3.64. The van der Waals surface area contributed by atoms with Crippen LogP contribution >= 0.6 is 11.6 Å². The molecule has 2 aromatic rings. The molecule has 24 heavy (non-hydrogen) atoms. The summed E-state index contributed by atoms with van der Waals surface area (Å²) in [7, 11) is 0. The minimum Gasteiger partial charge on any atom is -0.373 e. The third-order valence-electron chi connectivity index (χ3n) is 4.20. The highest BCUT2D eigenvalue weighted by Gasteiger charge is 2.38. The number of amides is 2. The quantitative estimate of drug-likeness (QED) is 0.844. The summed E-state index contributed by atoms with van der Waals surface area (Å²) < 4.78 is 0. The Bertz CT molecular complexity index is 741. The fourth-order valence-electron chi connectivity index (χ4n) is 2.77. The Morgan fingerprint density at radius 2 is 1.67 bits per heavy atom. The number of anilines is 1. The van der Waals surface area contributed by atoms with Crippen LogP contribution in [-0.4, -0.2) is 22.8 Å². The lowest BCUT2D eigenvalue weighted by Crippen LogP contribution is -2.34. The van der Waals surface area contributed by atoms with Crippen molar-refractivity contribution in [3.05, 3.63) is 64.7 Å². The lowest BCUT2D eigenvalue weighted by Gasteiger charge is -2.16. The molecule has 0 saturated carbocycles. The maximum atomic E-state index is 12.5. The largest absolute Gasteiger partial charge is 0.373 e. The average molecular weight is 343 g/mol. The number of likely N-dealkylation sites (tertiary alicyclic amines) is 1. The van der Waals surface area contributed by atoms with Crippen molar-refractivity contribution < 1.29 is 9.59 Å². The van der Waals surface area contributed by atoms with Gasteiger partial charge in [-0.1, -0.05) is 42.8 Å². The second kappa shape index (κ2) is 7.05. The van der Waals surface area contributed by atoms with E-state index in [9.17, 15) is 9.59 Å². The Kier molecular flexibility index (Phi) is 4.86. The van der Waals surface area contributed by atoms with E-state index >= 15 is 0 Å². The predicted molar refractivity (Wildman–Crippen MR) is 94.9 cm³/mol. The minimum absolute atomic E-state index is 0.155. The molecule has 2 amide bonds. The van der Waals surface area contributed by atoms with Gasteiger partial charge in [-0.2, -0.15) is 0 Å². The molecule has 124 valence electrons. The van der Waals surface area contributed by atoms with Crippen LogP contribution in [0.1, 0.15) is 24.5 Å². The van der Waals surface area contributed by atoms with Crippen LogP contribution < -0.4 is 5.32 Å². The van der Waals surface area contributed by atoms with E-state index in [0.29, 0.717) is 5.02 Å². The molecular weight excluding hydrogens is 324 g/mol. The van der Waals surface area contributed by atoms with E-state index in [1.807, 2.05) is 36.4 Å². The zero-order valence-corrected chi connectivity index (χ0v) is 14.2. The number of halogens is 1. The van der Waals surface area contributed by atoms with E-state index in [0.717, 1.165) is 17.7 Å². The smallest absolute Gasteiger partial charge is 0.252 e. The van der Waals surface area contributed by atoms with Crippen LogP contribution in [0.2, 0.25) is 5.02 Å². The molecule has 5 heteroatoms. The van der Waals surface area contributed by atoms with Gasteiger partial charge in [0.2, 0.25) is 5.91 Å². The third kappa shape index (κ3) is 3.60. The molecule has 4 nitrogen and oxygen atoms in total. The fourth-order valence-corrected chi connectivity index (χ4v) is 2.90. The average Bonchev–Trinajstić information content (AvgIpc) is 2.85. The molecule has 0 bridgehead atoms. The Balaban J connectivity index is 1.67. The highest BCUT2D eigenvalue weighted by atomic mass is 35.5. The second-order valence-corrected chi connectivity index (χ2v) is 6.33. The second-order valence-electron chi connectivity index (χ2n) is 5.90. The number of carbonyl (C=O) groups is 2. The van der Waals surface area contributed by atoms with Crippen LogP contribution in [0.3, 0.4) is 0 Å². The molecule has 0 aliphatic carbocycles. The SMILES string of the molecule is CCc1ccc(N[C@H]2CC(=O)N(Cc3ccc(Cl)cc3)C2=O)cc1. The number of hydrogen-bond acceptors (Lipinski definition) is 3. The number of nitrogens with one attached hydrogen (secondary N) is 1. The first-order valence-electron chi connectivity index (χ1n) is 8.01. The summed E-state index contributed by atoms with van der Waals surface area (Å²) in [5.41, 5.74) is 2.97. The summed E-state index contributed by atoms with van der Waals surface area (Å²) >= 11 is 5.86. The Labute approximate surface area is 146 Å². The van der Waals surface area contributed by atoms with Gasteiger partial charge < -0.3 is 5.32 Å². The van der Waals surface area contributed by atoms with Crippen molar-refractivity contribution >= 4 is 29.1 Å². The van der Waals surface area contributed by atoms with Gasteiger partial charge in [0.05, 0.1) is 13.0 Å². The first kappa shape index (κ1) is 16.5. The molecule has 1 N–H and O–H groups in total. The minimum atomic E-state index is -0.503. The molecule has 0 radical (unpaired) electrons. The topological polar surface area (TPSA) is 49.4 Å². The van der Waals surface area contributed by atoms with Gasteiger partial charge in [-0.3, -0.25) is 14.5 Å². The Morgan fingerprint density at radius 3 is 2.29 bits per heavy atom. The molecular formula is C19H19ClN2O2. The van der Waals surface area contributed by atoms with Crippen molar-refractivity contribution in [3.63, 3.8) is 0 Å². The summed E-state index contributed by atoms with van der Waals surface area (Å²) in [5.74, 6) is -0.341. The number of carbonyl (C=O) groups excluding carboxylic acids is 2. The molecule has 1 fully saturated rings. The van der Waals surface area contributed by atoms with E-state index in [4.69, 9.17) is 11.6 Å². The first-order valence-corrected chi connectivity index (χ1v) is 8.38. The molecule has 0 spiro atoms. The van der Waals surface area contributed by atoms with Gasteiger partial charge >= 0.3 is 0 Å². The van der Waals surface area contributed by atoms with Crippen molar-refractivity contribution in [3.8, 4) is 0 Å². The van der Waals surface area contributed by atoms with Gasteiger partial charge in [0.1, 0.15) is 6.04 Å². The maximum absolute atomic E-state index is 12.5. The highest BCUT2D eigenvalue weighted by Crippen LogP contribution is 2.21. The number of aryl methyl sites for hydroxylation is 1. The van der Waals surface area contributed by atoms with Gasteiger partial charge in [0, 0.05) is 10.7 Å². The lowest BCUT2D eigenvalue weighted by molar-refractivity contribution is -0.139. The van der Waals surface area contributed by atoms with Crippen LogP contribution in [0.25, 0.3) is 0 Å². The van der Waals surface area contributed by atoms with Crippen molar-refractivity contribution in [1.29, 1.82) is 0 Å². The van der Waals surface area contributed by atoms with Gasteiger partial charge in [0.25, 0.3) is 5.91 Å². The van der Waals surface area contributed by atoms with E-state index in [1.54, 1.807) is 12.1 Å². The fraction of sp³-hybridized carbons (Fsp3) is 0.263. The third-order valence-corrected chi connectivity index (χ3v) is 4.45. The van der Waals surface area contributed by atoms with Gasteiger partial charge in [-0.05, 0) is 41.8 Å². The molecule has 1 aliphatic rings. The number of benzene rings is 2. The van der Waals surface area contributed by atoms with Crippen LogP contribution in [0, 0.1) is 0 Å². The van der Waals surface area contributed by atoms with Gasteiger partial charge in [-0.15, -0.1) is 0 Å². The molecule has 1 saturated heterocycles. The molecule has 3 rings (SSSR count). The number of nitrogens with zero attached hydrogens (tertiary/aromatic N) is 1. The summed E-state index contributed by atoms with van der Waals surface area (Å²) in [6.07, 6.45) is 1.15. The molecule has 1 aliphatic heterocycles. The van der Waals surface area contributed by atoms with Crippen LogP contribution in [-0.2, 0) is 22.6 Å². The van der Waals surface area contributed by atoms with Crippen molar-refractivity contribution in [1.82, 2.24) is 4.90 Å². The van der Waals surface area contributed by atoms with E-state index in [-0.39, 0.29) is 24.8 Å². The lowest BCUT2D eigenvalue weighted by atomic mass is 10.1. The first-order chi connectivity index (χ1) is 11.6. The summed E-state index contributed by atoms with van der Waals surface area (Å²) in [6, 6.07) is 14.6. The highest BCUT2D eigenvalue weighted by molar-refractivity contribution is 6.30. The van der Waals surface area contributed by atoms with Crippen LogP contribution in [0.4, 0.5) is 5.69 Å². The van der Waals surface area contributed by atoms with Crippen molar-refractivity contribution in [2.75, 3.05) is 5.32 Å². The zero-order chi connectivity index (χ0) is 17.1. The monoisotopic (exact) mass is 342 g/mol.